The van der Waals surface area contributed by atoms with Crippen LogP contribution in [0.15, 0.2) is 18.2 Å². The molecule has 2 aromatic rings. The minimum atomic E-state index is 0.398. The van der Waals surface area contributed by atoms with E-state index in [0.717, 1.165) is 19.7 Å². The average Bonchev–Trinajstić information content (AvgIpc) is 2.43. The lowest BCUT2D eigenvalue weighted by atomic mass is 10.2. The van der Waals surface area contributed by atoms with Crippen LogP contribution in [0.1, 0.15) is 5.56 Å². The van der Waals surface area contributed by atoms with Crippen LogP contribution in [0.5, 0.6) is 0 Å². The first kappa shape index (κ1) is 8.80. The number of rotatable bonds is 1. The van der Waals surface area contributed by atoms with Crippen LogP contribution in [0, 0.1) is 3.95 Å². The van der Waals surface area contributed by atoms with Crippen LogP contribution in [-0.2, 0) is 0 Å². The van der Waals surface area contributed by atoms with Gasteiger partial charge in [-0.2, -0.15) is 0 Å². The zero-order chi connectivity index (χ0) is 9.42. The van der Waals surface area contributed by atoms with Crippen molar-refractivity contribution in [1.82, 2.24) is 4.98 Å². The predicted molar refractivity (Wildman–Crippen MR) is 62.9 cm³/mol. The Morgan fingerprint density at radius 1 is 1.46 bits per heavy atom. The maximum atomic E-state index is 5.57. The number of para-hydroxylation sites is 1. The van der Waals surface area contributed by atoms with E-state index >= 15 is 0 Å². The summed E-state index contributed by atoms with van der Waals surface area (Å²) in [6.07, 6.45) is 0. The van der Waals surface area contributed by atoms with Gasteiger partial charge >= 0.3 is 0 Å². The molecule has 1 aromatic carbocycles. The van der Waals surface area contributed by atoms with E-state index in [1.54, 1.807) is 0 Å². The quantitative estimate of drug-likeness (QED) is 0.734. The Hall–Kier alpha value is -0.780. The Bertz CT molecular complexity index is 523. The molecule has 2 nitrogen and oxygen atoms in total. The molecule has 0 atom stereocenters. The third-order valence-corrected chi connectivity index (χ3v) is 3.14. The van der Waals surface area contributed by atoms with Gasteiger partial charge in [-0.15, -0.1) is 11.3 Å². The van der Waals surface area contributed by atoms with E-state index in [4.69, 9.17) is 30.2 Å². The number of aromatic amines is 1. The Morgan fingerprint density at radius 3 is 2.92 bits per heavy atom. The lowest BCUT2D eigenvalue weighted by molar-refractivity contribution is 1.46. The maximum absolute atomic E-state index is 5.57. The fourth-order valence-electron chi connectivity index (χ4n) is 1.18. The van der Waals surface area contributed by atoms with Crippen molar-refractivity contribution < 1.29 is 0 Å². The Kier molecular flexibility index (Phi) is 2.15. The molecule has 0 aliphatic heterocycles. The van der Waals surface area contributed by atoms with E-state index in [1.165, 1.54) is 11.3 Å². The molecule has 0 fully saturated rings. The first-order valence-electron chi connectivity index (χ1n) is 3.60. The molecule has 0 saturated heterocycles. The van der Waals surface area contributed by atoms with Crippen molar-refractivity contribution in [2.75, 3.05) is 0 Å². The van der Waals surface area contributed by atoms with Crippen LogP contribution in [0.3, 0.4) is 0 Å². The van der Waals surface area contributed by atoms with Crippen molar-refractivity contribution in [3.63, 3.8) is 0 Å². The number of aromatic nitrogens is 1. The number of nitrogens with one attached hydrogen (secondary N) is 1. The van der Waals surface area contributed by atoms with Gasteiger partial charge in [-0.1, -0.05) is 18.3 Å². The van der Waals surface area contributed by atoms with Gasteiger partial charge in [0.05, 0.1) is 10.2 Å². The Balaban J connectivity index is 2.90. The zero-order valence-electron chi connectivity index (χ0n) is 6.53. The predicted octanol–water partition coefficient (Wildman–Crippen LogP) is 2.59. The number of benzene rings is 1. The van der Waals surface area contributed by atoms with Crippen LogP contribution >= 0.6 is 35.8 Å². The molecule has 0 aliphatic rings. The highest BCUT2D eigenvalue weighted by Crippen LogP contribution is 2.22. The molecule has 0 saturated carbocycles. The van der Waals surface area contributed by atoms with Gasteiger partial charge in [0, 0.05) is 5.56 Å². The van der Waals surface area contributed by atoms with Gasteiger partial charge in [0.1, 0.15) is 4.99 Å². The fraction of sp³-hybridized carbons (Fsp3) is 0. The zero-order valence-corrected chi connectivity index (χ0v) is 8.98. The monoisotopic (exact) mass is 226 g/mol. The number of thiazole rings is 1. The van der Waals surface area contributed by atoms with Crippen LogP contribution in [0.4, 0.5) is 0 Å². The van der Waals surface area contributed by atoms with Gasteiger partial charge in [0.25, 0.3) is 0 Å². The third-order valence-electron chi connectivity index (χ3n) is 1.72. The second kappa shape index (κ2) is 3.17. The second-order valence-corrected chi connectivity index (χ2v) is 4.72. The largest absolute Gasteiger partial charge is 0.389 e. The van der Waals surface area contributed by atoms with Gasteiger partial charge in [-0.05, 0) is 24.4 Å². The summed E-state index contributed by atoms with van der Waals surface area (Å²) in [5, 5.41) is 0. The number of thiocarbonyl (C=S) groups is 1. The number of H-pyrrole nitrogens is 1. The first-order valence-corrected chi connectivity index (χ1v) is 5.23. The normalized spacial score (nSPS) is 10.5. The summed E-state index contributed by atoms with van der Waals surface area (Å²) in [5.74, 6) is 0. The molecule has 0 bridgehead atoms. The number of hydrogen-bond donors (Lipinski definition) is 2. The van der Waals surface area contributed by atoms with E-state index in [9.17, 15) is 0 Å². The lowest BCUT2D eigenvalue weighted by Gasteiger charge is -1.98. The van der Waals surface area contributed by atoms with E-state index in [-0.39, 0.29) is 0 Å². The van der Waals surface area contributed by atoms with Crippen molar-refractivity contribution in [1.29, 1.82) is 0 Å². The van der Waals surface area contributed by atoms with E-state index in [2.05, 4.69) is 4.98 Å². The van der Waals surface area contributed by atoms with Gasteiger partial charge < -0.3 is 10.7 Å². The van der Waals surface area contributed by atoms with Crippen molar-refractivity contribution in [2.24, 2.45) is 5.73 Å². The summed E-state index contributed by atoms with van der Waals surface area (Å²) in [6.45, 7) is 0. The standard InChI is InChI=1S/C8H6N2S3/c9-7(11)4-2-1-3-5-6(4)10-8(12)13-5/h1-3H,(H2,9,11)(H,10,12). The highest BCUT2D eigenvalue weighted by molar-refractivity contribution is 7.80. The smallest absolute Gasteiger partial charge is 0.159 e. The lowest BCUT2D eigenvalue weighted by Crippen LogP contribution is -2.09. The van der Waals surface area contributed by atoms with Gasteiger partial charge in [-0.25, -0.2) is 0 Å². The molecule has 5 heteroatoms. The van der Waals surface area contributed by atoms with Crippen molar-refractivity contribution in [2.45, 2.75) is 0 Å². The highest BCUT2D eigenvalue weighted by Gasteiger charge is 2.04. The molecule has 1 heterocycles. The average molecular weight is 226 g/mol. The maximum Gasteiger partial charge on any atom is 0.159 e. The molecular weight excluding hydrogens is 220 g/mol. The van der Waals surface area contributed by atoms with Gasteiger partial charge in [0.2, 0.25) is 0 Å². The summed E-state index contributed by atoms with van der Waals surface area (Å²) in [4.78, 5) is 3.47. The molecule has 0 aliphatic carbocycles. The number of fused-ring (bicyclic) bond motifs is 1. The fourth-order valence-corrected chi connectivity index (χ4v) is 2.48. The van der Waals surface area contributed by atoms with E-state index in [1.807, 2.05) is 18.2 Å². The summed E-state index contributed by atoms with van der Waals surface area (Å²) >= 11 is 11.5. The molecule has 2 rings (SSSR count). The SMILES string of the molecule is NC(=S)c1cccc2sc(=S)[nH]c12. The molecule has 3 N–H and O–H groups in total. The van der Waals surface area contributed by atoms with E-state index in [0.29, 0.717) is 4.99 Å². The number of nitrogens with two attached hydrogens (primary N) is 1. The Labute approximate surface area is 89.4 Å². The molecule has 13 heavy (non-hydrogen) atoms. The molecule has 66 valence electrons. The summed E-state index contributed by atoms with van der Waals surface area (Å²) in [7, 11) is 0. The molecule has 1 aromatic heterocycles. The van der Waals surface area contributed by atoms with Crippen molar-refractivity contribution in [3.8, 4) is 0 Å². The van der Waals surface area contributed by atoms with Crippen LogP contribution < -0.4 is 5.73 Å². The number of hydrogen-bond acceptors (Lipinski definition) is 3. The Morgan fingerprint density at radius 2 is 2.23 bits per heavy atom. The third kappa shape index (κ3) is 1.50. The highest BCUT2D eigenvalue weighted by atomic mass is 32.1. The van der Waals surface area contributed by atoms with Crippen LogP contribution in [-0.4, -0.2) is 9.97 Å². The summed E-state index contributed by atoms with van der Waals surface area (Å²) in [5.41, 5.74) is 7.38. The van der Waals surface area contributed by atoms with Gasteiger partial charge in [0.15, 0.2) is 3.95 Å². The van der Waals surface area contributed by atoms with E-state index < -0.39 is 0 Å². The van der Waals surface area contributed by atoms with Crippen LogP contribution in [0.2, 0.25) is 0 Å². The van der Waals surface area contributed by atoms with Crippen molar-refractivity contribution in [3.05, 3.63) is 27.7 Å². The first-order chi connectivity index (χ1) is 6.18. The molecular formula is C8H6N2S3. The van der Waals surface area contributed by atoms with Gasteiger partial charge in [-0.3, -0.25) is 0 Å². The molecule has 0 unspecified atom stereocenters. The molecule has 0 radical (unpaired) electrons. The molecule has 0 spiro atoms. The second-order valence-electron chi connectivity index (χ2n) is 2.56. The summed E-state index contributed by atoms with van der Waals surface area (Å²) < 4.78 is 1.84. The minimum Gasteiger partial charge on any atom is -0.389 e. The summed E-state index contributed by atoms with van der Waals surface area (Å²) in [6, 6.07) is 5.81. The molecule has 0 amide bonds. The minimum absolute atomic E-state index is 0.398. The topological polar surface area (TPSA) is 41.8 Å². The van der Waals surface area contributed by atoms with Crippen LogP contribution in [0.25, 0.3) is 10.2 Å². The van der Waals surface area contributed by atoms with Crippen molar-refractivity contribution >= 4 is 51.0 Å².